The number of nitrogens with one attached hydrogen (secondary N) is 2. The first-order valence-corrected chi connectivity index (χ1v) is 6.85. The summed E-state index contributed by atoms with van der Waals surface area (Å²) in [5, 5.41) is 11.7. The predicted molar refractivity (Wildman–Crippen MR) is 66.8 cm³/mol. The fourth-order valence-corrected chi connectivity index (χ4v) is 2.73. The van der Waals surface area contributed by atoms with Crippen molar-refractivity contribution in [3.8, 4) is 0 Å². The lowest BCUT2D eigenvalue weighted by Gasteiger charge is -1.96. The van der Waals surface area contributed by atoms with Gasteiger partial charge in [0.15, 0.2) is 10.3 Å². The fourth-order valence-electron chi connectivity index (χ4n) is 1.09. The molecule has 0 bridgehead atoms. The third kappa shape index (κ3) is 3.21. The van der Waals surface area contributed by atoms with Crippen LogP contribution in [0.4, 0.5) is 5.13 Å². The van der Waals surface area contributed by atoms with Crippen LogP contribution in [0.15, 0.2) is 17.7 Å². The minimum Gasteiger partial charge on any atom is -0.362 e. The third-order valence-electron chi connectivity index (χ3n) is 1.82. The van der Waals surface area contributed by atoms with Crippen LogP contribution >= 0.6 is 23.1 Å². The number of hydrogen-bond donors (Lipinski definition) is 2. The highest BCUT2D eigenvalue weighted by molar-refractivity contribution is 7.98. The summed E-state index contributed by atoms with van der Waals surface area (Å²) >= 11 is 3.32. The zero-order chi connectivity index (χ0) is 11.2. The molecule has 2 rings (SSSR count). The summed E-state index contributed by atoms with van der Waals surface area (Å²) < 4.78 is 0. The van der Waals surface area contributed by atoms with Crippen LogP contribution in [-0.4, -0.2) is 26.7 Å². The van der Waals surface area contributed by atoms with Crippen LogP contribution in [0.5, 0.6) is 0 Å². The predicted octanol–water partition coefficient (Wildman–Crippen LogP) is 2.38. The van der Waals surface area contributed by atoms with Crippen LogP contribution in [0, 0.1) is 0 Å². The second kappa shape index (κ2) is 5.86. The first kappa shape index (κ1) is 11.4. The Bertz CT molecular complexity index is 411. The maximum Gasteiger partial charge on any atom is 0.183 e. The van der Waals surface area contributed by atoms with Crippen LogP contribution in [0.2, 0.25) is 0 Å². The molecule has 0 atom stereocenters. The lowest BCUT2D eigenvalue weighted by molar-refractivity contribution is 0.973. The molecule has 0 saturated carbocycles. The van der Waals surface area contributed by atoms with Gasteiger partial charge in [0.25, 0.3) is 0 Å². The summed E-state index contributed by atoms with van der Waals surface area (Å²) in [7, 11) is 0. The minimum atomic E-state index is 0.844. The van der Waals surface area contributed by atoms with Gasteiger partial charge < -0.3 is 5.32 Å². The Morgan fingerprint density at radius 1 is 1.50 bits per heavy atom. The van der Waals surface area contributed by atoms with Gasteiger partial charge >= 0.3 is 0 Å². The number of anilines is 1. The largest absolute Gasteiger partial charge is 0.362 e. The summed E-state index contributed by atoms with van der Waals surface area (Å²) in [4.78, 5) is 9.59. The zero-order valence-electron chi connectivity index (χ0n) is 8.93. The standard InChI is InChI=1S/C9H13N5S2/c1-2-3-10-8-11-4-7(16-8)5-15-9-12-6-13-14-9/h4,6H,2-3,5H2,1H3,(H,10,11)(H,12,13,14). The molecule has 0 saturated heterocycles. The number of nitrogens with zero attached hydrogens (tertiary/aromatic N) is 3. The summed E-state index contributed by atoms with van der Waals surface area (Å²) in [6, 6.07) is 0. The molecule has 0 unspecified atom stereocenters. The lowest BCUT2D eigenvalue weighted by Crippen LogP contribution is -1.97. The Morgan fingerprint density at radius 2 is 2.44 bits per heavy atom. The molecule has 7 heteroatoms. The van der Waals surface area contributed by atoms with E-state index in [-0.39, 0.29) is 0 Å². The Hall–Kier alpha value is -1.08. The second-order valence-electron chi connectivity index (χ2n) is 3.14. The van der Waals surface area contributed by atoms with Gasteiger partial charge in [0.05, 0.1) is 0 Å². The van der Waals surface area contributed by atoms with Crippen molar-refractivity contribution >= 4 is 28.2 Å². The van der Waals surface area contributed by atoms with Crippen molar-refractivity contribution < 1.29 is 0 Å². The van der Waals surface area contributed by atoms with Crippen molar-refractivity contribution in [2.75, 3.05) is 11.9 Å². The Balaban J connectivity index is 1.83. The monoisotopic (exact) mass is 255 g/mol. The van der Waals surface area contributed by atoms with Gasteiger partial charge in [-0.1, -0.05) is 18.7 Å². The minimum absolute atomic E-state index is 0.844. The molecule has 0 aliphatic carbocycles. The van der Waals surface area contributed by atoms with Gasteiger partial charge in [-0.05, 0) is 6.42 Å². The van der Waals surface area contributed by atoms with E-state index in [2.05, 4.69) is 32.4 Å². The van der Waals surface area contributed by atoms with Crippen LogP contribution in [0.3, 0.4) is 0 Å². The van der Waals surface area contributed by atoms with E-state index < -0.39 is 0 Å². The third-order valence-corrected chi connectivity index (χ3v) is 3.89. The molecule has 2 aromatic heterocycles. The number of aromatic nitrogens is 4. The highest BCUT2D eigenvalue weighted by Gasteiger charge is 2.03. The second-order valence-corrected chi connectivity index (χ2v) is 5.22. The summed E-state index contributed by atoms with van der Waals surface area (Å²) in [6.07, 6.45) is 4.54. The number of H-pyrrole nitrogens is 1. The van der Waals surface area contributed by atoms with E-state index in [4.69, 9.17) is 0 Å². The van der Waals surface area contributed by atoms with Crippen molar-refractivity contribution in [1.82, 2.24) is 20.2 Å². The molecule has 0 aromatic carbocycles. The number of rotatable bonds is 6. The molecular weight excluding hydrogens is 242 g/mol. The van der Waals surface area contributed by atoms with E-state index in [1.807, 2.05) is 6.20 Å². The van der Waals surface area contributed by atoms with Crippen LogP contribution in [-0.2, 0) is 5.75 Å². The van der Waals surface area contributed by atoms with E-state index >= 15 is 0 Å². The van der Waals surface area contributed by atoms with Crippen LogP contribution < -0.4 is 5.32 Å². The molecule has 0 radical (unpaired) electrons. The Morgan fingerprint density at radius 3 is 3.19 bits per heavy atom. The average Bonchev–Trinajstić information content (AvgIpc) is 2.95. The first-order chi connectivity index (χ1) is 7.88. The quantitative estimate of drug-likeness (QED) is 0.776. The SMILES string of the molecule is CCCNc1ncc(CSc2ncn[nH]2)s1. The molecule has 0 aliphatic heterocycles. The highest BCUT2D eigenvalue weighted by Crippen LogP contribution is 2.25. The van der Waals surface area contributed by atoms with Gasteiger partial charge in [-0.15, -0.1) is 11.3 Å². The topological polar surface area (TPSA) is 66.5 Å². The number of aromatic amines is 1. The summed E-state index contributed by atoms with van der Waals surface area (Å²) in [5.74, 6) is 0.876. The van der Waals surface area contributed by atoms with E-state index in [0.717, 1.165) is 29.0 Å². The molecule has 5 nitrogen and oxygen atoms in total. The molecule has 2 N–H and O–H groups in total. The maximum atomic E-state index is 4.30. The lowest BCUT2D eigenvalue weighted by atomic mass is 10.5. The molecule has 2 heterocycles. The van der Waals surface area contributed by atoms with Gasteiger partial charge in [0.2, 0.25) is 0 Å². The van der Waals surface area contributed by atoms with Gasteiger partial charge in [-0.2, -0.15) is 5.10 Å². The molecule has 0 aliphatic rings. The van der Waals surface area contributed by atoms with E-state index in [1.54, 1.807) is 23.1 Å². The Labute approximate surface area is 102 Å². The van der Waals surface area contributed by atoms with Crippen molar-refractivity contribution in [3.63, 3.8) is 0 Å². The van der Waals surface area contributed by atoms with E-state index in [1.165, 1.54) is 11.2 Å². The first-order valence-electron chi connectivity index (χ1n) is 5.05. The van der Waals surface area contributed by atoms with Gasteiger partial charge in [-0.3, -0.25) is 5.10 Å². The maximum absolute atomic E-state index is 4.30. The van der Waals surface area contributed by atoms with Crippen molar-refractivity contribution in [3.05, 3.63) is 17.4 Å². The average molecular weight is 255 g/mol. The molecule has 2 aromatic rings. The zero-order valence-corrected chi connectivity index (χ0v) is 10.6. The number of thiazole rings is 1. The smallest absolute Gasteiger partial charge is 0.183 e. The van der Waals surface area contributed by atoms with E-state index in [0.29, 0.717) is 0 Å². The number of thioether (sulfide) groups is 1. The van der Waals surface area contributed by atoms with Gasteiger partial charge in [0, 0.05) is 23.4 Å². The molecule has 16 heavy (non-hydrogen) atoms. The molecule has 0 amide bonds. The van der Waals surface area contributed by atoms with Gasteiger partial charge in [-0.25, -0.2) is 9.97 Å². The molecule has 0 spiro atoms. The summed E-state index contributed by atoms with van der Waals surface area (Å²) in [6.45, 7) is 3.11. The van der Waals surface area contributed by atoms with Crippen molar-refractivity contribution in [2.24, 2.45) is 0 Å². The molecule has 0 fully saturated rings. The molecule has 86 valence electrons. The normalized spacial score (nSPS) is 10.6. The van der Waals surface area contributed by atoms with Crippen LogP contribution in [0.25, 0.3) is 0 Å². The van der Waals surface area contributed by atoms with E-state index in [9.17, 15) is 0 Å². The van der Waals surface area contributed by atoms with Crippen molar-refractivity contribution in [2.45, 2.75) is 24.3 Å². The fraction of sp³-hybridized carbons (Fsp3) is 0.444. The Kier molecular flexibility index (Phi) is 4.17. The highest BCUT2D eigenvalue weighted by atomic mass is 32.2. The number of hydrogen-bond acceptors (Lipinski definition) is 6. The van der Waals surface area contributed by atoms with Gasteiger partial charge in [0.1, 0.15) is 6.33 Å². The van der Waals surface area contributed by atoms with Crippen molar-refractivity contribution in [1.29, 1.82) is 0 Å². The molecular formula is C9H13N5S2. The van der Waals surface area contributed by atoms with Crippen LogP contribution in [0.1, 0.15) is 18.2 Å². The summed E-state index contributed by atoms with van der Waals surface area (Å²) in [5.41, 5.74) is 0.